The second kappa shape index (κ2) is 3.49. The summed E-state index contributed by atoms with van der Waals surface area (Å²) in [5.41, 5.74) is 0. The second-order valence-corrected chi connectivity index (χ2v) is 2.53. The highest BCUT2D eigenvalue weighted by atomic mass is 79.9. The quantitative estimate of drug-likeness (QED) is 0.676. The number of hydrogen-bond acceptors (Lipinski definition) is 2. The summed E-state index contributed by atoms with van der Waals surface area (Å²) in [6.45, 7) is 0. The van der Waals surface area contributed by atoms with Gasteiger partial charge >= 0.3 is 5.97 Å². The number of aliphatic carboxylic acids is 1. The zero-order valence-electron chi connectivity index (χ0n) is 2.85. The van der Waals surface area contributed by atoms with Crippen molar-refractivity contribution in [3.05, 3.63) is 0 Å². The highest BCUT2D eigenvalue weighted by Gasteiger charge is 1.89. The van der Waals surface area contributed by atoms with Crippen molar-refractivity contribution in [2.45, 2.75) is 0 Å². The Bertz CT molecular complexity index is 55.5. The van der Waals surface area contributed by atoms with E-state index in [2.05, 4.69) is 14.8 Å². The molecule has 0 amide bonds. The molecule has 0 heterocycles. The lowest BCUT2D eigenvalue weighted by atomic mass is 10.8. The normalized spacial score (nSPS) is 8.17. The van der Waals surface area contributed by atoms with Gasteiger partial charge in [-0.05, 0) is 14.8 Å². The summed E-state index contributed by atoms with van der Waals surface area (Å²) in [7, 11) is 1.12. The molecule has 0 aliphatic rings. The van der Waals surface area contributed by atoms with E-state index in [0.29, 0.717) is 0 Å². The van der Waals surface area contributed by atoms with Crippen LogP contribution in [0.25, 0.3) is 0 Å². The summed E-state index contributed by atoms with van der Waals surface area (Å²) in [6, 6.07) is 0. The molecule has 36 valence electrons. The van der Waals surface area contributed by atoms with Gasteiger partial charge in [-0.25, -0.2) is 0 Å². The van der Waals surface area contributed by atoms with Crippen LogP contribution in [-0.2, 0) is 4.79 Å². The SMILES string of the molecule is O=C(O)CSBr. The summed E-state index contributed by atoms with van der Waals surface area (Å²) < 4.78 is 0. The van der Waals surface area contributed by atoms with E-state index in [0.717, 1.165) is 10.2 Å². The van der Waals surface area contributed by atoms with Gasteiger partial charge in [0, 0.05) is 0 Å². The Morgan fingerprint density at radius 1 is 2.00 bits per heavy atom. The van der Waals surface area contributed by atoms with Gasteiger partial charge in [-0.1, -0.05) is 10.2 Å². The lowest BCUT2D eigenvalue weighted by Crippen LogP contribution is -1.94. The number of carbonyl (C=O) groups is 1. The van der Waals surface area contributed by atoms with E-state index in [1.165, 1.54) is 0 Å². The summed E-state index contributed by atoms with van der Waals surface area (Å²) in [6.07, 6.45) is 0. The maximum Gasteiger partial charge on any atom is 0.314 e. The first kappa shape index (κ1) is 6.30. The Kier molecular flexibility index (Phi) is 3.66. The minimum absolute atomic E-state index is 0.125. The van der Waals surface area contributed by atoms with Crippen LogP contribution < -0.4 is 0 Å². The fourth-order valence-electron chi connectivity index (χ4n) is 0.0467. The van der Waals surface area contributed by atoms with Gasteiger partial charge in [0.1, 0.15) is 5.75 Å². The third kappa shape index (κ3) is 4.30. The van der Waals surface area contributed by atoms with Crippen molar-refractivity contribution < 1.29 is 9.90 Å². The van der Waals surface area contributed by atoms with Crippen molar-refractivity contribution in [2.75, 3.05) is 5.75 Å². The van der Waals surface area contributed by atoms with Crippen LogP contribution in [0.1, 0.15) is 0 Å². The van der Waals surface area contributed by atoms with Crippen molar-refractivity contribution in [3.8, 4) is 0 Å². The molecule has 0 aliphatic heterocycles. The third-order valence-electron chi connectivity index (χ3n) is 0.178. The topological polar surface area (TPSA) is 37.3 Å². The molecule has 0 aromatic carbocycles. The lowest BCUT2D eigenvalue weighted by Gasteiger charge is -1.78. The molecule has 4 heteroatoms. The number of carboxylic acid groups (broad SMARTS) is 1. The number of carboxylic acids is 1. The van der Waals surface area contributed by atoms with Gasteiger partial charge in [0.05, 0.1) is 0 Å². The van der Waals surface area contributed by atoms with Crippen molar-refractivity contribution in [2.24, 2.45) is 0 Å². The average Bonchev–Trinajstić information content (AvgIpc) is 1.35. The average molecular weight is 171 g/mol. The number of hydrogen-bond donors (Lipinski definition) is 1. The summed E-state index contributed by atoms with van der Waals surface area (Å²) >= 11 is 2.89. The van der Waals surface area contributed by atoms with Crippen molar-refractivity contribution >= 4 is 31.0 Å². The molecule has 0 radical (unpaired) electrons. The monoisotopic (exact) mass is 170 g/mol. The van der Waals surface area contributed by atoms with Crippen molar-refractivity contribution in [3.63, 3.8) is 0 Å². The molecule has 0 aromatic heterocycles. The Morgan fingerprint density at radius 2 is 2.50 bits per heavy atom. The molecule has 0 rings (SSSR count). The largest absolute Gasteiger partial charge is 0.481 e. The molecule has 0 aliphatic carbocycles. The molecule has 0 spiro atoms. The predicted molar refractivity (Wildman–Crippen MR) is 29.0 cm³/mol. The van der Waals surface area contributed by atoms with E-state index in [1.807, 2.05) is 0 Å². The molecule has 0 aromatic rings. The zero-order chi connectivity index (χ0) is 4.99. The van der Waals surface area contributed by atoms with E-state index >= 15 is 0 Å². The molecule has 2 nitrogen and oxygen atoms in total. The van der Waals surface area contributed by atoms with Crippen LogP contribution >= 0.6 is 25.0 Å². The molecule has 0 unspecified atom stereocenters. The van der Waals surface area contributed by atoms with Gasteiger partial charge in [-0.15, -0.1) is 0 Å². The van der Waals surface area contributed by atoms with Gasteiger partial charge < -0.3 is 5.11 Å². The van der Waals surface area contributed by atoms with Crippen LogP contribution in [0.4, 0.5) is 0 Å². The summed E-state index contributed by atoms with van der Waals surface area (Å²) in [5, 5.41) is 7.86. The Hall–Kier alpha value is 0.300. The van der Waals surface area contributed by atoms with Gasteiger partial charge in [0.15, 0.2) is 0 Å². The standard InChI is InChI=1S/C2H3BrO2S/c3-6-1-2(4)5/h1H2,(H,4,5). The Labute approximate surface area is 47.1 Å². The van der Waals surface area contributed by atoms with E-state index in [9.17, 15) is 4.79 Å². The van der Waals surface area contributed by atoms with Gasteiger partial charge in [0.25, 0.3) is 0 Å². The molecular formula is C2H3BrO2S. The first-order valence-electron chi connectivity index (χ1n) is 1.22. The van der Waals surface area contributed by atoms with Gasteiger partial charge in [-0.3, -0.25) is 4.79 Å². The maximum atomic E-state index is 9.55. The van der Waals surface area contributed by atoms with Crippen molar-refractivity contribution in [1.29, 1.82) is 0 Å². The predicted octanol–water partition coefficient (Wildman–Crippen LogP) is 1.11. The van der Waals surface area contributed by atoms with E-state index in [1.54, 1.807) is 0 Å². The van der Waals surface area contributed by atoms with Gasteiger partial charge in [-0.2, -0.15) is 0 Å². The van der Waals surface area contributed by atoms with Crippen LogP contribution in [0.15, 0.2) is 0 Å². The van der Waals surface area contributed by atoms with Crippen molar-refractivity contribution in [1.82, 2.24) is 0 Å². The molecule has 6 heavy (non-hydrogen) atoms. The fraction of sp³-hybridized carbons (Fsp3) is 0.500. The van der Waals surface area contributed by atoms with E-state index < -0.39 is 5.97 Å². The second-order valence-electron chi connectivity index (χ2n) is 0.647. The first-order valence-corrected chi connectivity index (χ1v) is 4.05. The Morgan fingerprint density at radius 3 is 2.50 bits per heavy atom. The van der Waals surface area contributed by atoms with Crippen LogP contribution in [0, 0.1) is 0 Å². The van der Waals surface area contributed by atoms with E-state index in [-0.39, 0.29) is 5.75 Å². The van der Waals surface area contributed by atoms with Gasteiger partial charge in [0.2, 0.25) is 0 Å². The smallest absolute Gasteiger partial charge is 0.314 e. The van der Waals surface area contributed by atoms with Crippen LogP contribution in [0.3, 0.4) is 0 Å². The maximum absolute atomic E-state index is 9.55. The number of halogens is 1. The van der Waals surface area contributed by atoms with Crippen LogP contribution in [0.2, 0.25) is 0 Å². The lowest BCUT2D eigenvalue weighted by molar-refractivity contribution is -0.133. The number of rotatable bonds is 2. The third-order valence-corrected chi connectivity index (χ3v) is 1.22. The minimum atomic E-state index is -0.795. The summed E-state index contributed by atoms with van der Waals surface area (Å²) in [5.74, 6) is -0.670. The summed E-state index contributed by atoms with van der Waals surface area (Å²) in [4.78, 5) is 9.55. The molecular weight excluding hydrogens is 168 g/mol. The van der Waals surface area contributed by atoms with Crippen LogP contribution in [-0.4, -0.2) is 16.8 Å². The van der Waals surface area contributed by atoms with Crippen LogP contribution in [0.5, 0.6) is 0 Å². The molecule has 0 atom stereocenters. The fourth-order valence-corrected chi connectivity index (χ4v) is 0.728. The molecule has 0 fully saturated rings. The highest BCUT2D eigenvalue weighted by molar-refractivity contribution is 9.50. The molecule has 0 saturated carbocycles. The molecule has 1 N–H and O–H groups in total. The minimum Gasteiger partial charge on any atom is -0.481 e. The molecule has 0 bridgehead atoms. The Balaban J connectivity index is 2.83. The van der Waals surface area contributed by atoms with E-state index in [4.69, 9.17) is 5.11 Å². The zero-order valence-corrected chi connectivity index (χ0v) is 5.25. The highest BCUT2D eigenvalue weighted by Crippen LogP contribution is 2.07. The first-order chi connectivity index (χ1) is 2.77. The molecule has 0 saturated heterocycles.